The summed E-state index contributed by atoms with van der Waals surface area (Å²) in [5.41, 5.74) is 1.12. The van der Waals surface area contributed by atoms with Crippen molar-refractivity contribution in [1.82, 2.24) is 4.98 Å². The smallest absolute Gasteiger partial charge is 0.311 e. The van der Waals surface area contributed by atoms with E-state index in [4.69, 9.17) is 16.3 Å². The van der Waals surface area contributed by atoms with Crippen LogP contribution >= 0.6 is 22.9 Å². The Balaban J connectivity index is 1.64. The number of rotatable bonds is 8. The minimum absolute atomic E-state index is 0.00460. The maximum Gasteiger partial charge on any atom is 0.311 e. The van der Waals surface area contributed by atoms with Gasteiger partial charge in [-0.05, 0) is 55.5 Å². The fourth-order valence-electron chi connectivity index (χ4n) is 2.49. The third-order valence-electron chi connectivity index (χ3n) is 3.93. The van der Waals surface area contributed by atoms with Crippen molar-refractivity contribution in [3.8, 4) is 0 Å². The van der Waals surface area contributed by atoms with E-state index >= 15 is 0 Å². The van der Waals surface area contributed by atoms with Crippen LogP contribution in [-0.4, -0.2) is 31.9 Å². The molecule has 0 fully saturated rings. The zero-order valence-corrected chi connectivity index (χ0v) is 18.7. The number of benzene rings is 2. The first-order chi connectivity index (χ1) is 14.8. The molecular formula is C20H18ClN3O5S2. The van der Waals surface area contributed by atoms with E-state index < -0.39 is 21.9 Å². The summed E-state index contributed by atoms with van der Waals surface area (Å²) in [4.78, 5) is 28.1. The molecule has 1 heterocycles. The second kappa shape index (κ2) is 9.90. The van der Waals surface area contributed by atoms with Crippen molar-refractivity contribution in [3.05, 3.63) is 70.2 Å². The number of hydrogen-bond acceptors (Lipinski definition) is 7. The molecule has 11 heteroatoms. The van der Waals surface area contributed by atoms with Crippen molar-refractivity contribution >= 4 is 55.7 Å². The number of carbonyl (C=O) groups excluding carboxylic acids is 2. The lowest BCUT2D eigenvalue weighted by Crippen LogP contribution is -2.15. The molecule has 0 unspecified atom stereocenters. The fourth-order valence-corrected chi connectivity index (χ4v) is 4.38. The van der Waals surface area contributed by atoms with Crippen molar-refractivity contribution in [2.24, 2.45) is 0 Å². The summed E-state index contributed by atoms with van der Waals surface area (Å²) in [5.74, 6) is -0.846. The van der Waals surface area contributed by atoms with Gasteiger partial charge in [0, 0.05) is 21.7 Å². The monoisotopic (exact) mass is 479 g/mol. The van der Waals surface area contributed by atoms with Crippen LogP contribution in [0.15, 0.2) is 58.8 Å². The van der Waals surface area contributed by atoms with Crippen molar-refractivity contribution in [1.29, 1.82) is 0 Å². The lowest BCUT2D eigenvalue weighted by atomic mass is 10.2. The van der Waals surface area contributed by atoms with Crippen molar-refractivity contribution in [3.63, 3.8) is 0 Å². The molecule has 3 aromatic rings. The third-order valence-corrected chi connectivity index (χ3v) is 6.38. The molecule has 8 nitrogen and oxygen atoms in total. The molecule has 0 saturated carbocycles. The Labute approximate surface area is 188 Å². The number of nitrogens with zero attached hydrogens (tertiary/aromatic N) is 1. The number of sulfonamides is 1. The number of nitrogens with one attached hydrogen (secondary N) is 2. The summed E-state index contributed by atoms with van der Waals surface area (Å²) in [6, 6.07) is 11.7. The molecule has 1 amide bonds. The lowest BCUT2D eigenvalue weighted by molar-refractivity contribution is -0.142. The highest BCUT2D eigenvalue weighted by molar-refractivity contribution is 7.92. The minimum Gasteiger partial charge on any atom is -0.466 e. The van der Waals surface area contributed by atoms with Gasteiger partial charge in [0.05, 0.1) is 23.6 Å². The summed E-state index contributed by atoms with van der Waals surface area (Å²) >= 11 is 6.98. The predicted octanol–water partition coefficient (Wildman–Crippen LogP) is 3.96. The zero-order chi connectivity index (χ0) is 22.4. The van der Waals surface area contributed by atoms with E-state index in [1.807, 2.05) is 0 Å². The molecule has 2 N–H and O–H groups in total. The van der Waals surface area contributed by atoms with Gasteiger partial charge in [0.2, 0.25) is 0 Å². The van der Waals surface area contributed by atoms with Crippen LogP contribution < -0.4 is 10.0 Å². The van der Waals surface area contributed by atoms with Crippen LogP contribution in [0, 0.1) is 0 Å². The quantitative estimate of drug-likeness (QED) is 0.473. The number of ether oxygens (including phenoxy) is 1. The van der Waals surface area contributed by atoms with Gasteiger partial charge in [-0.1, -0.05) is 11.6 Å². The van der Waals surface area contributed by atoms with E-state index in [1.165, 1.54) is 35.6 Å². The Kier molecular flexibility index (Phi) is 7.26. The second-order valence-corrected chi connectivity index (χ2v) is 9.19. The first-order valence-electron chi connectivity index (χ1n) is 9.06. The van der Waals surface area contributed by atoms with Gasteiger partial charge in [-0.15, -0.1) is 11.3 Å². The molecule has 0 aliphatic heterocycles. The van der Waals surface area contributed by atoms with Gasteiger partial charge in [-0.25, -0.2) is 13.4 Å². The Bertz CT molecular complexity index is 1180. The summed E-state index contributed by atoms with van der Waals surface area (Å²) in [7, 11) is -3.82. The van der Waals surface area contributed by atoms with Crippen molar-refractivity contribution in [2.45, 2.75) is 18.2 Å². The summed E-state index contributed by atoms with van der Waals surface area (Å²) in [6.07, 6.45) is 0.0212. The molecular weight excluding hydrogens is 462 g/mol. The summed E-state index contributed by atoms with van der Waals surface area (Å²) in [5, 5.41) is 5.10. The average Bonchev–Trinajstić information content (AvgIpc) is 3.16. The Morgan fingerprint density at radius 1 is 1.10 bits per heavy atom. The number of anilines is 2. The molecule has 31 heavy (non-hydrogen) atoms. The van der Waals surface area contributed by atoms with E-state index in [1.54, 1.807) is 36.6 Å². The van der Waals surface area contributed by atoms with E-state index in [-0.39, 0.29) is 23.5 Å². The van der Waals surface area contributed by atoms with Crippen LogP contribution in [-0.2, 0) is 26.0 Å². The maximum absolute atomic E-state index is 12.5. The minimum atomic E-state index is -3.82. The Hall–Kier alpha value is -2.95. The average molecular weight is 480 g/mol. The number of aromatic nitrogens is 1. The van der Waals surface area contributed by atoms with Crippen LogP contribution in [0.1, 0.15) is 23.0 Å². The fraction of sp³-hybridized carbons (Fsp3) is 0.150. The first-order valence-corrected chi connectivity index (χ1v) is 11.8. The van der Waals surface area contributed by atoms with Gasteiger partial charge in [0.25, 0.3) is 15.9 Å². The molecule has 0 aliphatic carbocycles. The van der Waals surface area contributed by atoms with Crippen LogP contribution in [0.2, 0.25) is 5.02 Å². The molecule has 0 atom stereocenters. The third kappa shape index (κ3) is 6.27. The topological polar surface area (TPSA) is 114 Å². The van der Waals surface area contributed by atoms with Gasteiger partial charge in [0.1, 0.15) is 0 Å². The van der Waals surface area contributed by atoms with Crippen molar-refractivity contribution < 1.29 is 22.7 Å². The first kappa shape index (κ1) is 22.7. The van der Waals surface area contributed by atoms with E-state index in [2.05, 4.69) is 15.0 Å². The number of esters is 1. The maximum atomic E-state index is 12.5. The largest absolute Gasteiger partial charge is 0.466 e. The highest BCUT2D eigenvalue weighted by Gasteiger charge is 2.16. The number of carbonyl (C=O) groups is 2. The highest BCUT2D eigenvalue weighted by Crippen LogP contribution is 2.20. The summed E-state index contributed by atoms with van der Waals surface area (Å²) in [6.45, 7) is 2.00. The number of hydrogen-bond donors (Lipinski definition) is 2. The Morgan fingerprint density at radius 3 is 2.42 bits per heavy atom. The molecule has 0 spiro atoms. The number of halogens is 1. The summed E-state index contributed by atoms with van der Waals surface area (Å²) < 4.78 is 32.3. The van der Waals surface area contributed by atoms with Crippen LogP contribution in [0.25, 0.3) is 0 Å². The zero-order valence-electron chi connectivity index (χ0n) is 16.3. The van der Waals surface area contributed by atoms with E-state index in [0.29, 0.717) is 21.5 Å². The molecule has 0 bridgehead atoms. The van der Waals surface area contributed by atoms with Gasteiger partial charge in [0.15, 0.2) is 5.13 Å². The molecule has 162 valence electrons. The van der Waals surface area contributed by atoms with Crippen LogP contribution in [0.3, 0.4) is 0 Å². The number of amides is 1. The van der Waals surface area contributed by atoms with Gasteiger partial charge in [-0.3, -0.25) is 19.6 Å². The standard InChI is InChI=1S/C20H18ClN3O5S2/c1-2-29-18(25)11-16-12-30-20(22-16)23-19(26)13-3-9-17(10-4-13)31(27,28)24-15-7-5-14(21)6-8-15/h3-10,12,24H,2,11H2,1H3,(H,22,23,26). The van der Waals surface area contributed by atoms with Crippen LogP contribution in [0.5, 0.6) is 0 Å². The van der Waals surface area contributed by atoms with Crippen LogP contribution in [0.4, 0.5) is 10.8 Å². The normalized spacial score (nSPS) is 11.0. The molecule has 0 radical (unpaired) electrons. The van der Waals surface area contributed by atoms with Gasteiger partial charge in [-0.2, -0.15) is 0 Å². The van der Waals surface area contributed by atoms with E-state index in [9.17, 15) is 18.0 Å². The molecule has 0 saturated heterocycles. The molecule has 0 aliphatic rings. The number of thiazole rings is 1. The van der Waals surface area contributed by atoms with Gasteiger partial charge < -0.3 is 4.74 Å². The van der Waals surface area contributed by atoms with Gasteiger partial charge >= 0.3 is 5.97 Å². The predicted molar refractivity (Wildman–Crippen MR) is 119 cm³/mol. The van der Waals surface area contributed by atoms with E-state index in [0.717, 1.165) is 0 Å². The lowest BCUT2D eigenvalue weighted by Gasteiger charge is -2.09. The Morgan fingerprint density at radius 2 is 1.77 bits per heavy atom. The highest BCUT2D eigenvalue weighted by atomic mass is 35.5. The SMILES string of the molecule is CCOC(=O)Cc1csc(NC(=O)c2ccc(S(=O)(=O)Nc3ccc(Cl)cc3)cc2)n1. The molecule has 1 aromatic heterocycles. The molecule has 3 rings (SSSR count). The molecule has 2 aromatic carbocycles. The second-order valence-electron chi connectivity index (χ2n) is 6.22. The van der Waals surface area contributed by atoms with Crippen molar-refractivity contribution in [2.75, 3.05) is 16.6 Å².